The summed E-state index contributed by atoms with van der Waals surface area (Å²) in [6.45, 7) is 1.83. The third-order valence-electron chi connectivity index (χ3n) is 1.88. The van der Waals surface area contributed by atoms with E-state index in [1.807, 2.05) is 6.92 Å². The van der Waals surface area contributed by atoms with Crippen molar-refractivity contribution in [2.45, 2.75) is 38.4 Å². The van der Waals surface area contributed by atoms with E-state index in [1.165, 1.54) is 0 Å². The van der Waals surface area contributed by atoms with Crippen LogP contribution in [0.2, 0.25) is 0 Å². The van der Waals surface area contributed by atoms with Gasteiger partial charge in [-0.25, -0.2) is 0 Å². The molecule has 0 saturated carbocycles. The van der Waals surface area contributed by atoms with E-state index in [0.29, 0.717) is 6.42 Å². The fraction of sp³-hybridized carbons (Fsp3) is 0.750. The van der Waals surface area contributed by atoms with E-state index in [2.05, 4.69) is 14.7 Å². The van der Waals surface area contributed by atoms with Crippen LogP contribution >= 0.6 is 0 Å². The Bertz CT molecular complexity index is 310. The van der Waals surface area contributed by atoms with E-state index in [0.717, 1.165) is 0 Å². The van der Waals surface area contributed by atoms with Gasteiger partial charge in [-0.1, -0.05) is 12.1 Å². The van der Waals surface area contributed by atoms with Gasteiger partial charge in [-0.15, -0.1) is 0 Å². The van der Waals surface area contributed by atoms with Crippen molar-refractivity contribution < 1.29 is 17.7 Å². The maximum atomic E-state index is 11.9. The molecule has 0 bridgehead atoms. The van der Waals surface area contributed by atoms with Gasteiger partial charge in [-0.3, -0.25) is 0 Å². The normalized spacial score (nSPS) is 14.2. The lowest BCUT2D eigenvalue weighted by atomic mass is 10.2. The van der Waals surface area contributed by atoms with Crippen LogP contribution in [0.1, 0.15) is 37.5 Å². The van der Waals surface area contributed by atoms with E-state index in [1.54, 1.807) is 0 Å². The summed E-state index contributed by atoms with van der Waals surface area (Å²) in [7, 11) is 0. The Hall–Kier alpha value is -1.11. The van der Waals surface area contributed by atoms with Gasteiger partial charge in [-0.05, 0) is 6.42 Å². The Morgan fingerprint density at radius 1 is 1.47 bits per heavy atom. The molecule has 1 heterocycles. The van der Waals surface area contributed by atoms with Gasteiger partial charge < -0.3 is 10.3 Å². The quantitative estimate of drug-likeness (QED) is 0.847. The van der Waals surface area contributed by atoms with Crippen LogP contribution in [0, 0.1) is 0 Å². The molecule has 0 aromatic carbocycles. The van der Waals surface area contributed by atoms with Gasteiger partial charge in [0.15, 0.2) is 5.82 Å². The first-order valence-corrected chi connectivity index (χ1v) is 4.57. The zero-order valence-electron chi connectivity index (χ0n) is 8.21. The Labute approximate surface area is 84.6 Å². The van der Waals surface area contributed by atoms with Crippen LogP contribution in [0.4, 0.5) is 13.2 Å². The topological polar surface area (TPSA) is 64.9 Å². The van der Waals surface area contributed by atoms with Crippen molar-refractivity contribution in [1.29, 1.82) is 0 Å². The second-order valence-electron chi connectivity index (χ2n) is 3.18. The largest absolute Gasteiger partial charge is 0.389 e. The molecule has 0 radical (unpaired) electrons. The summed E-state index contributed by atoms with van der Waals surface area (Å²) in [6, 6.07) is -0.381. The fourth-order valence-corrected chi connectivity index (χ4v) is 0.951. The number of halogens is 3. The van der Waals surface area contributed by atoms with Gasteiger partial charge in [0, 0.05) is 6.42 Å². The van der Waals surface area contributed by atoms with Gasteiger partial charge in [-0.2, -0.15) is 18.2 Å². The third kappa shape index (κ3) is 3.86. The van der Waals surface area contributed by atoms with E-state index in [9.17, 15) is 13.2 Å². The van der Waals surface area contributed by atoms with E-state index >= 15 is 0 Å². The first kappa shape index (κ1) is 12.0. The number of nitrogens with two attached hydrogens (primary N) is 1. The van der Waals surface area contributed by atoms with E-state index < -0.39 is 12.6 Å². The number of aromatic nitrogens is 2. The van der Waals surface area contributed by atoms with Crippen molar-refractivity contribution in [2.75, 3.05) is 0 Å². The molecule has 1 rings (SSSR count). The smallest absolute Gasteiger partial charge is 0.339 e. The number of rotatable bonds is 4. The second-order valence-corrected chi connectivity index (χ2v) is 3.18. The molecule has 0 amide bonds. The van der Waals surface area contributed by atoms with Crippen LogP contribution < -0.4 is 5.73 Å². The SMILES string of the molecule is CCC(N)c1noc(CCC(F)(F)F)n1. The molecule has 15 heavy (non-hydrogen) atoms. The van der Waals surface area contributed by atoms with Crippen molar-refractivity contribution in [3.63, 3.8) is 0 Å². The number of hydrogen-bond donors (Lipinski definition) is 1. The van der Waals surface area contributed by atoms with Crippen LogP contribution in [-0.4, -0.2) is 16.3 Å². The molecule has 0 saturated heterocycles. The van der Waals surface area contributed by atoms with E-state index in [-0.39, 0.29) is 24.2 Å². The Kier molecular flexibility index (Phi) is 3.67. The molecule has 2 N–H and O–H groups in total. The summed E-state index contributed by atoms with van der Waals surface area (Å²) in [5, 5.41) is 3.51. The van der Waals surface area contributed by atoms with Crippen LogP contribution in [0.3, 0.4) is 0 Å². The van der Waals surface area contributed by atoms with Crippen LogP contribution in [0.15, 0.2) is 4.52 Å². The van der Waals surface area contributed by atoms with Crippen molar-refractivity contribution in [1.82, 2.24) is 10.1 Å². The predicted octanol–water partition coefficient (Wildman–Crippen LogP) is 1.97. The number of aryl methyl sites for hydroxylation is 1. The monoisotopic (exact) mass is 223 g/mol. The minimum absolute atomic E-state index is 0.0220. The lowest BCUT2D eigenvalue weighted by Gasteiger charge is -2.02. The lowest BCUT2D eigenvalue weighted by Crippen LogP contribution is -2.11. The summed E-state index contributed by atoms with van der Waals surface area (Å²) in [5.41, 5.74) is 5.58. The first-order valence-electron chi connectivity index (χ1n) is 4.57. The maximum absolute atomic E-state index is 11.9. The summed E-state index contributed by atoms with van der Waals surface area (Å²) < 4.78 is 40.2. The summed E-state index contributed by atoms with van der Waals surface area (Å²) in [5.74, 6) is 0.237. The molecule has 1 aromatic rings. The standard InChI is InChI=1S/C8H12F3N3O/c1-2-5(12)7-13-6(15-14-7)3-4-8(9,10)11/h5H,2-4,12H2,1H3. The molecule has 0 spiro atoms. The molecule has 0 fully saturated rings. The molecule has 1 aromatic heterocycles. The number of hydrogen-bond acceptors (Lipinski definition) is 4. The molecule has 0 aliphatic carbocycles. The van der Waals surface area contributed by atoms with Crippen LogP contribution in [0.5, 0.6) is 0 Å². The van der Waals surface area contributed by atoms with E-state index in [4.69, 9.17) is 5.73 Å². The van der Waals surface area contributed by atoms with Crippen molar-refractivity contribution in [3.05, 3.63) is 11.7 Å². The molecule has 0 aliphatic rings. The molecular weight excluding hydrogens is 211 g/mol. The zero-order valence-corrected chi connectivity index (χ0v) is 8.21. The average molecular weight is 223 g/mol. The Morgan fingerprint density at radius 3 is 2.67 bits per heavy atom. The van der Waals surface area contributed by atoms with Crippen molar-refractivity contribution in [2.24, 2.45) is 5.73 Å². The van der Waals surface area contributed by atoms with Gasteiger partial charge in [0.25, 0.3) is 0 Å². The maximum Gasteiger partial charge on any atom is 0.389 e. The second kappa shape index (κ2) is 4.61. The summed E-state index contributed by atoms with van der Waals surface area (Å²) in [6.07, 6.45) is -4.86. The highest BCUT2D eigenvalue weighted by atomic mass is 19.4. The highest BCUT2D eigenvalue weighted by molar-refractivity contribution is 4.92. The average Bonchev–Trinajstić information content (AvgIpc) is 2.61. The molecule has 4 nitrogen and oxygen atoms in total. The van der Waals surface area contributed by atoms with Crippen LogP contribution in [0.25, 0.3) is 0 Å². The third-order valence-corrected chi connectivity index (χ3v) is 1.88. The van der Waals surface area contributed by atoms with Gasteiger partial charge in [0.05, 0.1) is 12.5 Å². The zero-order chi connectivity index (χ0) is 11.5. The molecule has 86 valence electrons. The number of nitrogens with zero attached hydrogens (tertiary/aromatic N) is 2. The first-order chi connectivity index (χ1) is 6.92. The van der Waals surface area contributed by atoms with Gasteiger partial charge >= 0.3 is 6.18 Å². The lowest BCUT2D eigenvalue weighted by molar-refractivity contribution is -0.134. The van der Waals surface area contributed by atoms with Crippen molar-refractivity contribution >= 4 is 0 Å². The predicted molar refractivity (Wildman–Crippen MR) is 45.9 cm³/mol. The Morgan fingerprint density at radius 2 is 2.13 bits per heavy atom. The Balaban J connectivity index is 2.53. The summed E-state index contributed by atoms with van der Waals surface area (Å²) in [4.78, 5) is 3.78. The molecule has 7 heteroatoms. The highest BCUT2D eigenvalue weighted by Crippen LogP contribution is 2.21. The summed E-state index contributed by atoms with van der Waals surface area (Å²) >= 11 is 0. The highest BCUT2D eigenvalue weighted by Gasteiger charge is 2.28. The number of alkyl halides is 3. The van der Waals surface area contributed by atoms with Gasteiger partial charge in [0.2, 0.25) is 5.89 Å². The van der Waals surface area contributed by atoms with Crippen LogP contribution in [-0.2, 0) is 6.42 Å². The van der Waals surface area contributed by atoms with Gasteiger partial charge in [0.1, 0.15) is 0 Å². The molecular formula is C8H12F3N3O. The molecule has 1 unspecified atom stereocenters. The molecule has 0 aliphatic heterocycles. The van der Waals surface area contributed by atoms with Crippen molar-refractivity contribution in [3.8, 4) is 0 Å². The fourth-order valence-electron chi connectivity index (χ4n) is 0.951. The minimum Gasteiger partial charge on any atom is -0.339 e. The minimum atomic E-state index is -4.21. The molecule has 1 atom stereocenters.